The quantitative estimate of drug-likeness (QED) is 0.782. The van der Waals surface area contributed by atoms with Crippen molar-refractivity contribution in [2.45, 2.75) is 52.0 Å². The second-order valence-electron chi connectivity index (χ2n) is 6.41. The van der Waals surface area contributed by atoms with Gasteiger partial charge < -0.3 is 15.8 Å². The largest absolute Gasteiger partial charge is 0.392 e. The zero-order valence-corrected chi connectivity index (χ0v) is 13.3. The Kier molecular flexibility index (Phi) is 5.02. The summed E-state index contributed by atoms with van der Waals surface area (Å²) >= 11 is 5.19. The van der Waals surface area contributed by atoms with Gasteiger partial charge in [-0.25, -0.2) is 0 Å². The van der Waals surface area contributed by atoms with Crippen molar-refractivity contribution in [1.29, 1.82) is 0 Å². The highest BCUT2D eigenvalue weighted by Gasteiger charge is 2.44. The van der Waals surface area contributed by atoms with E-state index in [1.807, 2.05) is 0 Å². The second kappa shape index (κ2) is 6.39. The van der Waals surface area contributed by atoms with Crippen LogP contribution in [0.1, 0.15) is 46.0 Å². The molecule has 0 radical (unpaired) electrons. The number of carbonyl (C=O) groups excluding carboxylic acids is 1. The first kappa shape index (κ1) is 15.7. The summed E-state index contributed by atoms with van der Waals surface area (Å²) in [4.78, 5) is 13.1. The van der Waals surface area contributed by atoms with Crippen LogP contribution in [-0.4, -0.2) is 30.2 Å². The number of hydrogen-bond donors (Lipinski definition) is 2. The maximum Gasteiger partial charge on any atom is 0.233 e. The second-order valence-corrected chi connectivity index (χ2v) is 6.85. The Bertz CT molecular complexity index is 380. The van der Waals surface area contributed by atoms with Crippen LogP contribution in [0.2, 0.25) is 0 Å². The minimum absolute atomic E-state index is 0.0132. The lowest BCUT2D eigenvalue weighted by Gasteiger charge is -2.39. The van der Waals surface area contributed by atoms with Crippen molar-refractivity contribution in [3.63, 3.8) is 0 Å². The molecular formula is C15H26N2O2S. The normalized spacial score (nSPS) is 33.4. The van der Waals surface area contributed by atoms with Gasteiger partial charge in [-0.15, -0.1) is 0 Å². The topological polar surface area (TPSA) is 64.4 Å². The number of carbonyl (C=O) groups is 1. The summed E-state index contributed by atoms with van der Waals surface area (Å²) in [6.07, 6.45) is 4.69. The van der Waals surface area contributed by atoms with Crippen molar-refractivity contribution < 1.29 is 9.53 Å². The van der Waals surface area contributed by atoms with E-state index in [9.17, 15) is 4.79 Å². The molecule has 1 saturated heterocycles. The van der Waals surface area contributed by atoms with E-state index in [-0.39, 0.29) is 11.9 Å². The molecule has 0 spiro atoms. The lowest BCUT2D eigenvalue weighted by molar-refractivity contribution is -0.132. The first-order valence-electron chi connectivity index (χ1n) is 7.66. The third-order valence-electron chi connectivity index (χ3n) is 5.28. The van der Waals surface area contributed by atoms with E-state index >= 15 is 0 Å². The zero-order chi connectivity index (χ0) is 14.8. The average molecular weight is 298 g/mol. The fraction of sp³-hybridized carbons (Fsp3) is 0.867. The summed E-state index contributed by atoms with van der Waals surface area (Å²) in [7, 11) is 0. The molecule has 3 atom stereocenters. The van der Waals surface area contributed by atoms with Crippen molar-refractivity contribution in [2.24, 2.45) is 23.0 Å². The van der Waals surface area contributed by atoms with Crippen LogP contribution in [0.25, 0.3) is 0 Å². The molecule has 5 heteroatoms. The van der Waals surface area contributed by atoms with Gasteiger partial charge in [0.2, 0.25) is 5.91 Å². The Morgan fingerprint density at radius 3 is 2.55 bits per heavy atom. The van der Waals surface area contributed by atoms with Gasteiger partial charge >= 0.3 is 0 Å². The molecule has 114 valence electrons. The number of nitrogens with two attached hydrogens (primary N) is 1. The molecule has 4 nitrogen and oxygen atoms in total. The predicted molar refractivity (Wildman–Crippen MR) is 83.4 cm³/mol. The summed E-state index contributed by atoms with van der Waals surface area (Å²) < 4.78 is 5.36. The lowest BCUT2D eigenvalue weighted by atomic mass is 9.75. The van der Waals surface area contributed by atoms with Crippen molar-refractivity contribution in [3.8, 4) is 0 Å². The Balaban J connectivity index is 2.07. The van der Waals surface area contributed by atoms with Crippen LogP contribution >= 0.6 is 12.2 Å². The molecule has 3 unspecified atom stereocenters. The van der Waals surface area contributed by atoms with Crippen molar-refractivity contribution in [1.82, 2.24) is 5.32 Å². The van der Waals surface area contributed by atoms with Gasteiger partial charge in [0, 0.05) is 19.3 Å². The number of hydrogen-bond acceptors (Lipinski definition) is 3. The Morgan fingerprint density at radius 1 is 1.30 bits per heavy atom. The molecule has 1 heterocycles. The van der Waals surface area contributed by atoms with Gasteiger partial charge in [-0.3, -0.25) is 4.79 Å². The maximum absolute atomic E-state index is 12.7. The monoisotopic (exact) mass is 298 g/mol. The first-order chi connectivity index (χ1) is 9.47. The lowest BCUT2D eigenvalue weighted by Crippen LogP contribution is -2.55. The SMILES string of the molecule is CC1CCCC(NC(=O)C2(C(N)=S)CCOCC2)C1C. The van der Waals surface area contributed by atoms with E-state index in [2.05, 4.69) is 19.2 Å². The number of amides is 1. The molecule has 20 heavy (non-hydrogen) atoms. The molecule has 1 aliphatic carbocycles. The van der Waals surface area contributed by atoms with Gasteiger partial charge in [-0.05, 0) is 31.1 Å². The van der Waals surface area contributed by atoms with Crippen molar-refractivity contribution in [3.05, 3.63) is 0 Å². The smallest absolute Gasteiger partial charge is 0.233 e. The highest BCUT2D eigenvalue weighted by molar-refractivity contribution is 7.80. The van der Waals surface area contributed by atoms with Crippen LogP contribution in [0.5, 0.6) is 0 Å². The van der Waals surface area contributed by atoms with E-state index in [1.165, 1.54) is 12.8 Å². The van der Waals surface area contributed by atoms with Crippen molar-refractivity contribution in [2.75, 3.05) is 13.2 Å². The number of ether oxygens (including phenoxy) is 1. The summed E-state index contributed by atoms with van der Waals surface area (Å²) in [5, 5.41) is 3.23. The molecule has 1 saturated carbocycles. The fourth-order valence-corrected chi connectivity index (χ4v) is 3.69. The molecule has 0 aromatic carbocycles. The molecule has 2 aliphatic rings. The van der Waals surface area contributed by atoms with Gasteiger partial charge in [-0.2, -0.15) is 0 Å². The van der Waals surface area contributed by atoms with Gasteiger partial charge in [0.1, 0.15) is 5.41 Å². The maximum atomic E-state index is 12.7. The standard InChI is InChI=1S/C15H26N2O2S/c1-10-4-3-5-12(11(10)2)17-14(18)15(13(16)20)6-8-19-9-7-15/h10-12H,3-9H2,1-2H3,(H2,16,20)(H,17,18). The Morgan fingerprint density at radius 2 is 1.95 bits per heavy atom. The third kappa shape index (κ3) is 2.98. The van der Waals surface area contributed by atoms with Crippen LogP contribution < -0.4 is 11.1 Å². The van der Waals surface area contributed by atoms with Gasteiger partial charge in [-0.1, -0.05) is 38.9 Å². The molecule has 1 aliphatic heterocycles. The van der Waals surface area contributed by atoms with E-state index in [4.69, 9.17) is 22.7 Å². The molecule has 0 bridgehead atoms. The van der Waals surface area contributed by atoms with E-state index in [1.54, 1.807) is 0 Å². The van der Waals surface area contributed by atoms with Gasteiger partial charge in [0.15, 0.2) is 0 Å². The molecule has 2 rings (SSSR count). The summed E-state index contributed by atoms with van der Waals surface area (Å²) in [5.41, 5.74) is 5.18. The summed E-state index contributed by atoms with van der Waals surface area (Å²) in [6, 6.07) is 0.250. The number of nitrogens with one attached hydrogen (secondary N) is 1. The summed E-state index contributed by atoms with van der Waals surface area (Å²) in [5.74, 6) is 1.18. The highest BCUT2D eigenvalue weighted by Crippen LogP contribution is 2.34. The Labute approximate surface area is 126 Å². The van der Waals surface area contributed by atoms with Crippen LogP contribution in [0.4, 0.5) is 0 Å². The third-order valence-corrected chi connectivity index (χ3v) is 5.67. The van der Waals surface area contributed by atoms with Gasteiger partial charge in [0.25, 0.3) is 0 Å². The predicted octanol–water partition coefficient (Wildman–Crippen LogP) is 2.01. The van der Waals surface area contributed by atoms with E-state index in [0.717, 1.165) is 6.42 Å². The molecule has 0 aromatic rings. The first-order valence-corrected chi connectivity index (χ1v) is 8.07. The molecule has 3 N–H and O–H groups in total. The highest BCUT2D eigenvalue weighted by atomic mass is 32.1. The van der Waals surface area contributed by atoms with Gasteiger partial charge in [0.05, 0.1) is 4.99 Å². The molecule has 0 aromatic heterocycles. The minimum Gasteiger partial charge on any atom is -0.392 e. The fourth-order valence-electron chi connectivity index (χ4n) is 3.40. The molecular weight excluding hydrogens is 272 g/mol. The van der Waals surface area contributed by atoms with Crippen LogP contribution in [0.3, 0.4) is 0 Å². The average Bonchev–Trinajstić information content (AvgIpc) is 2.44. The van der Waals surface area contributed by atoms with Crippen molar-refractivity contribution >= 4 is 23.1 Å². The number of rotatable bonds is 3. The number of thiocarbonyl (C=S) groups is 1. The van der Waals surface area contributed by atoms with Crippen LogP contribution in [0, 0.1) is 17.3 Å². The van der Waals surface area contributed by atoms with E-state index < -0.39 is 5.41 Å². The molecule has 2 fully saturated rings. The minimum atomic E-state index is -0.700. The zero-order valence-electron chi connectivity index (χ0n) is 12.5. The summed E-state index contributed by atoms with van der Waals surface area (Å²) in [6.45, 7) is 5.61. The van der Waals surface area contributed by atoms with Crippen LogP contribution in [0.15, 0.2) is 0 Å². The van der Waals surface area contributed by atoms with E-state index in [0.29, 0.717) is 42.9 Å². The Hall–Kier alpha value is -0.680. The molecule has 1 amide bonds. The van der Waals surface area contributed by atoms with Crippen LogP contribution in [-0.2, 0) is 9.53 Å².